The maximum Gasteiger partial charge on any atom is 0.243 e. The second kappa shape index (κ2) is 4.97. The van der Waals surface area contributed by atoms with Crippen LogP contribution in [0.1, 0.15) is 5.56 Å². The summed E-state index contributed by atoms with van der Waals surface area (Å²) >= 11 is 0. The van der Waals surface area contributed by atoms with Crippen LogP contribution >= 0.6 is 0 Å². The summed E-state index contributed by atoms with van der Waals surface area (Å²) in [6.07, 6.45) is -0.796. The highest BCUT2D eigenvalue weighted by molar-refractivity contribution is 7.89. The fourth-order valence-corrected chi connectivity index (χ4v) is 3.57. The summed E-state index contributed by atoms with van der Waals surface area (Å²) in [5.74, 6) is -0.398. The molecule has 5 nitrogen and oxygen atoms in total. The normalized spacial score (nSPS) is 25.5. The Hall–Kier alpha value is -0.950. The highest BCUT2D eigenvalue weighted by Crippen LogP contribution is 2.24. The van der Waals surface area contributed by atoms with Gasteiger partial charge in [-0.25, -0.2) is 8.42 Å². The molecule has 1 aromatic rings. The molecule has 1 fully saturated rings. The fraction of sp³-hybridized carbons (Fsp3) is 0.500. The molecule has 1 aliphatic rings. The van der Waals surface area contributed by atoms with Gasteiger partial charge in [0.15, 0.2) is 0 Å². The monoisotopic (exact) mass is 271 g/mol. The van der Waals surface area contributed by atoms with Crippen molar-refractivity contribution in [2.45, 2.75) is 17.9 Å². The van der Waals surface area contributed by atoms with Crippen molar-refractivity contribution in [3.05, 3.63) is 29.8 Å². The van der Waals surface area contributed by atoms with E-state index in [1.807, 2.05) is 6.92 Å². The summed E-state index contributed by atoms with van der Waals surface area (Å²) in [5, 5.41) is 18.7. The number of aliphatic hydroxyl groups excluding tert-OH is 2. The molecule has 1 heterocycles. The SMILES string of the molecule is Cc1ccc(S(=O)(=O)N2C[C@@H](CO)[C@@H](O)C2)cc1. The van der Waals surface area contributed by atoms with E-state index in [0.717, 1.165) is 5.56 Å². The smallest absolute Gasteiger partial charge is 0.243 e. The summed E-state index contributed by atoms with van der Waals surface area (Å²) in [6, 6.07) is 6.60. The van der Waals surface area contributed by atoms with Gasteiger partial charge in [-0.1, -0.05) is 17.7 Å². The average molecular weight is 271 g/mol. The third-order valence-electron chi connectivity index (χ3n) is 3.27. The van der Waals surface area contributed by atoms with Crippen LogP contribution in [0.4, 0.5) is 0 Å². The van der Waals surface area contributed by atoms with Crippen molar-refractivity contribution in [1.82, 2.24) is 4.31 Å². The van der Waals surface area contributed by atoms with Crippen molar-refractivity contribution in [2.24, 2.45) is 5.92 Å². The van der Waals surface area contributed by atoms with Gasteiger partial charge in [-0.15, -0.1) is 0 Å². The lowest BCUT2D eigenvalue weighted by Crippen LogP contribution is -2.29. The molecule has 2 atom stereocenters. The zero-order valence-electron chi connectivity index (χ0n) is 10.2. The first kappa shape index (κ1) is 13.5. The maximum absolute atomic E-state index is 12.3. The van der Waals surface area contributed by atoms with E-state index in [1.54, 1.807) is 24.3 Å². The van der Waals surface area contributed by atoms with Crippen molar-refractivity contribution in [3.8, 4) is 0 Å². The first-order valence-corrected chi connectivity index (χ1v) is 7.25. The van der Waals surface area contributed by atoms with Gasteiger partial charge in [-0.05, 0) is 19.1 Å². The van der Waals surface area contributed by atoms with Crippen LogP contribution in [-0.4, -0.2) is 48.7 Å². The zero-order valence-corrected chi connectivity index (χ0v) is 11.0. The Kier molecular flexibility index (Phi) is 3.72. The molecule has 0 aliphatic carbocycles. The topological polar surface area (TPSA) is 77.8 Å². The predicted molar refractivity (Wildman–Crippen MR) is 66.5 cm³/mol. The molecule has 1 aromatic carbocycles. The number of benzene rings is 1. The van der Waals surface area contributed by atoms with Crippen LogP contribution in [0, 0.1) is 12.8 Å². The summed E-state index contributed by atoms with van der Waals surface area (Å²) in [4.78, 5) is 0.221. The second-order valence-electron chi connectivity index (χ2n) is 4.65. The molecule has 0 radical (unpaired) electrons. The molecule has 100 valence electrons. The van der Waals surface area contributed by atoms with Crippen LogP contribution in [0.2, 0.25) is 0 Å². The standard InChI is InChI=1S/C12H17NO4S/c1-9-2-4-11(5-3-9)18(16,17)13-6-10(8-14)12(15)7-13/h2-5,10,12,14-15H,6-8H2,1H3/t10-,12-/m0/s1. The Morgan fingerprint density at radius 2 is 1.89 bits per heavy atom. The Morgan fingerprint density at radius 1 is 1.28 bits per heavy atom. The number of β-amino-alcohol motifs (C(OH)–C–C–N with tert-alkyl or cyclic N) is 1. The molecule has 6 heteroatoms. The van der Waals surface area contributed by atoms with E-state index in [9.17, 15) is 13.5 Å². The minimum Gasteiger partial charge on any atom is -0.396 e. The molecular formula is C12H17NO4S. The Balaban J connectivity index is 2.25. The largest absolute Gasteiger partial charge is 0.396 e. The number of aliphatic hydroxyl groups is 2. The number of hydrogen-bond acceptors (Lipinski definition) is 4. The molecule has 0 bridgehead atoms. The van der Waals surface area contributed by atoms with Crippen molar-refractivity contribution in [3.63, 3.8) is 0 Å². The lowest BCUT2D eigenvalue weighted by Gasteiger charge is -2.16. The number of aryl methyl sites for hydroxylation is 1. The van der Waals surface area contributed by atoms with Crippen LogP contribution in [0.25, 0.3) is 0 Å². The summed E-state index contributed by atoms with van der Waals surface area (Å²) in [6.45, 7) is 1.88. The summed E-state index contributed by atoms with van der Waals surface area (Å²) < 4.78 is 25.8. The molecule has 0 unspecified atom stereocenters. The quantitative estimate of drug-likeness (QED) is 0.809. The molecule has 0 aromatic heterocycles. The Morgan fingerprint density at radius 3 is 2.39 bits per heavy atom. The second-order valence-corrected chi connectivity index (χ2v) is 6.58. The number of hydrogen-bond donors (Lipinski definition) is 2. The molecule has 0 spiro atoms. The number of rotatable bonds is 3. The van der Waals surface area contributed by atoms with E-state index in [2.05, 4.69) is 0 Å². The third-order valence-corrected chi connectivity index (χ3v) is 5.11. The molecule has 1 saturated heterocycles. The van der Waals surface area contributed by atoms with Crippen molar-refractivity contribution < 1.29 is 18.6 Å². The van der Waals surface area contributed by atoms with Crippen LogP contribution in [0.3, 0.4) is 0 Å². The van der Waals surface area contributed by atoms with E-state index >= 15 is 0 Å². The van der Waals surface area contributed by atoms with Gasteiger partial charge in [0.25, 0.3) is 0 Å². The van der Waals surface area contributed by atoms with Crippen LogP contribution in [0.5, 0.6) is 0 Å². The number of sulfonamides is 1. The van der Waals surface area contributed by atoms with E-state index in [4.69, 9.17) is 5.11 Å². The van der Waals surface area contributed by atoms with Gasteiger partial charge >= 0.3 is 0 Å². The van der Waals surface area contributed by atoms with Crippen LogP contribution in [0.15, 0.2) is 29.2 Å². The minimum absolute atomic E-state index is 0.0431. The number of nitrogens with zero attached hydrogens (tertiary/aromatic N) is 1. The lowest BCUT2D eigenvalue weighted by atomic mass is 10.1. The summed E-state index contributed by atoms with van der Waals surface area (Å²) in [5.41, 5.74) is 0.989. The maximum atomic E-state index is 12.3. The molecule has 2 N–H and O–H groups in total. The molecule has 18 heavy (non-hydrogen) atoms. The van der Waals surface area contributed by atoms with E-state index < -0.39 is 22.0 Å². The zero-order chi connectivity index (χ0) is 13.3. The molecule has 0 saturated carbocycles. The van der Waals surface area contributed by atoms with Gasteiger partial charge in [0.2, 0.25) is 10.0 Å². The van der Waals surface area contributed by atoms with Gasteiger partial charge in [0.05, 0.1) is 11.0 Å². The van der Waals surface area contributed by atoms with E-state index in [1.165, 1.54) is 4.31 Å². The molecule has 2 rings (SSSR count). The van der Waals surface area contributed by atoms with Crippen molar-refractivity contribution in [2.75, 3.05) is 19.7 Å². The highest BCUT2D eigenvalue weighted by atomic mass is 32.2. The van der Waals surface area contributed by atoms with Gasteiger partial charge < -0.3 is 10.2 Å². The van der Waals surface area contributed by atoms with E-state index in [-0.39, 0.29) is 24.6 Å². The van der Waals surface area contributed by atoms with Crippen molar-refractivity contribution in [1.29, 1.82) is 0 Å². The van der Waals surface area contributed by atoms with Gasteiger partial charge in [-0.3, -0.25) is 0 Å². The molecule has 1 aliphatic heterocycles. The van der Waals surface area contributed by atoms with Crippen LogP contribution in [-0.2, 0) is 10.0 Å². The van der Waals surface area contributed by atoms with Gasteiger partial charge in [0, 0.05) is 25.6 Å². The summed E-state index contributed by atoms with van der Waals surface area (Å²) in [7, 11) is -3.57. The fourth-order valence-electron chi connectivity index (χ4n) is 2.05. The van der Waals surface area contributed by atoms with Gasteiger partial charge in [0.1, 0.15) is 0 Å². The van der Waals surface area contributed by atoms with Crippen LogP contribution < -0.4 is 0 Å². The highest BCUT2D eigenvalue weighted by Gasteiger charge is 2.37. The lowest BCUT2D eigenvalue weighted by molar-refractivity contribution is 0.104. The minimum atomic E-state index is -3.57. The van der Waals surface area contributed by atoms with Gasteiger partial charge in [-0.2, -0.15) is 4.31 Å². The first-order chi connectivity index (χ1) is 8.45. The molecule has 0 amide bonds. The predicted octanol–water partition coefficient (Wildman–Crippen LogP) is -0.0313. The Labute approximate surface area is 107 Å². The Bertz CT molecular complexity index is 511. The van der Waals surface area contributed by atoms with E-state index in [0.29, 0.717) is 0 Å². The first-order valence-electron chi connectivity index (χ1n) is 5.81. The third kappa shape index (κ3) is 2.42. The average Bonchev–Trinajstić information content (AvgIpc) is 2.72. The molecular weight excluding hydrogens is 254 g/mol. The van der Waals surface area contributed by atoms with Crippen molar-refractivity contribution >= 4 is 10.0 Å².